The summed E-state index contributed by atoms with van der Waals surface area (Å²) in [5.74, 6) is -0.0433. The van der Waals surface area contributed by atoms with E-state index in [1.54, 1.807) is 0 Å². The molecule has 0 saturated heterocycles. The second kappa shape index (κ2) is 6.20. The highest BCUT2D eigenvalue weighted by atomic mass is 35.5. The molecule has 0 fully saturated rings. The first kappa shape index (κ1) is 14.8. The molecule has 2 N–H and O–H groups in total. The molecule has 0 aliphatic heterocycles. The van der Waals surface area contributed by atoms with Crippen LogP contribution in [0, 0.1) is 11.6 Å². The molecule has 20 heavy (non-hydrogen) atoms. The van der Waals surface area contributed by atoms with Crippen molar-refractivity contribution in [2.24, 2.45) is 5.73 Å². The molecular formula is C15H14ClF2NO. The molecule has 0 heterocycles. The van der Waals surface area contributed by atoms with Crippen LogP contribution >= 0.6 is 11.6 Å². The van der Waals surface area contributed by atoms with Gasteiger partial charge in [-0.05, 0) is 55.3 Å². The third kappa shape index (κ3) is 3.68. The predicted octanol–water partition coefficient (Wildman–Crippen LogP) is 4.30. The number of hydrogen-bond donors (Lipinski definition) is 1. The van der Waals surface area contributed by atoms with Crippen molar-refractivity contribution in [2.45, 2.75) is 19.4 Å². The molecule has 0 aliphatic carbocycles. The topological polar surface area (TPSA) is 35.2 Å². The molecule has 1 unspecified atom stereocenters. The molecular weight excluding hydrogens is 284 g/mol. The lowest BCUT2D eigenvalue weighted by atomic mass is 10.1. The van der Waals surface area contributed by atoms with Gasteiger partial charge in [0, 0.05) is 6.04 Å². The maximum absolute atomic E-state index is 13.3. The first-order chi connectivity index (χ1) is 9.45. The van der Waals surface area contributed by atoms with Gasteiger partial charge in [-0.15, -0.1) is 0 Å². The molecule has 0 spiro atoms. The molecule has 0 amide bonds. The Morgan fingerprint density at radius 2 is 1.70 bits per heavy atom. The van der Waals surface area contributed by atoms with E-state index in [1.165, 1.54) is 30.3 Å². The molecule has 0 bridgehead atoms. The maximum Gasteiger partial charge on any atom is 0.146 e. The molecule has 106 valence electrons. The summed E-state index contributed by atoms with van der Waals surface area (Å²) in [6.07, 6.45) is 0.464. The molecule has 5 heteroatoms. The molecule has 0 saturated carbocycles. The molecule has 2 nitrogen and oxygen atoms in total. The van der Waals surface area contributed by atoms with Crippen LogP contribution in [0.2, 0.25) is 5.02 Å². The van der Waals surface area contributed by atoms with E-state index >= 15 is 0 Å². The lowest BCUT2D eigenvalue weighted by molar-refractivity contribution is 0.469. The van der Waals surface area contributed by atoms with E-state index in [0.717, 1.165) is 6.07 Å². The third-order valence-corrected chi connectivity index (χ3v) is 2.97. The molecule has 0 radical (unpaired) electrons. The van der Waals surface area contributed by atoms with Gasteiger partial charge in [-0.1, -0.05) is 11.6 Å². The maximum atomic E-state index is 13.3. The van der Waals surface area contributed by atoms with Crippen LogP contribution in [0.25, 0.3) is 0 Å². The third-order valence-electron chi connectivity index (χ3n) is 2.68. The Hall–Kier alpha value is -1.65. The van der Waals surface area contributed by atoms with Crippen molar-refractivity contribution in [3.8, 4) is 11.5 Å². The van der Waals surface area contributed by atoms with Crippen LogP contribution in [0.15, 0.2) is 36.4 Å². The number of benzene rings is 2. The fourth-order valence-corrected chi connectivity index (χ4v) is 2.04. The normalized spacial score (nSPS) is 12.2. The molecule has 2 rings (SSSR count). The fraction of sp³-hybridized carbons (Fsp3) is 0.200. The summed E-state index contributed by atoms with van der Waals surface area (Å²) in [6, 6.07) is 7.86. The summed E-state index contributed by atoms with van der Waals surface area (Å²) in [7, 11) is 0. The van der Waals surface area contributed by atoms with Crippen LogP contribution in [-0.2, 0) is 6.42 Å². The lowest BCUT2D eigenvalue weighted by Crippen LogP contribution is -2.18. The average Bonchev–Trinajstić information content (AvgIpc) is 2.34. The number of rotatable bonds is 4. The van der Waals surface area contributed by atoms with Gasteiger partial charge < -0.3 is 10.5 Å². The van der Waals surface area contributed by atoms with Crippen molar-refractivity contribution >= 4 is 11.6 Å². The second-order valence-corrected chi connectivity index (χ2v) is 5.02. The zero-order valence-corrected chi connectivity index (χ0v) is 11.6. The van der Waals surface area contributed by atoms with E-state index < -0.39 is 5.82 Å². The van der Waals surface area contributed by atoms with E-state index in [-0.39, 0.29) is 16.9 Å². The monoisotopic (exact) mass is 297 g/mol. The van der Waals surface area contributed by atoms with Crippen molar-refractivity contribution < 1.29 is 13.5 Å². The van der Waals surface area contributed by atoms with Crippen molar-refractivity contribution in [3.63, 3.8) is 0 Å². The Labute approximate surface area is 121 Å². The summed E-state index contributed by atoms with van der Waals surface area (Å²) < 4.78 is 31.9. The van der Waals surface area contributed by atoms with Gasteiger partial charge in [0.15, 0.2) is 0 Å². The van der Waals surface area contributed by atoms with Gasteiger partial charge in [-0.3, -0.25) is 0 Å². The standard InChI is InChI=1S/C15H14ClF2NO/c1-9(19)6-10-7-11(17)2-4-14(10)20-15-5-3-12(18)8-13(15)16/h2-5,7-9H,6,19H2,1H3. The van der Waals surface area contributed by atoms with Crippen LogP contribution in [0.3, 0.4) is 0 Å². The SMILES string of the molecule is CC(N)Cc1cc(F)ccc1Oc1ccc(F)cc1Cl. The molecule has 0 aliphatic rings. The van der Waals surface area contributed by atoms with Crippen molar-refractivity contribution in [2.75, 3.05) is 0 Å². The van der Waals surface area contributed by atoms with Gasteiger partial charge in [-0.25, -0.2) is 8.78 Å². The molecule has 1 atom stereocenters. The van der Waals surface area contributed by atoms with Gasteiger partial charge in [-0.2, -0.15) is 0 Å². The minimum atomic E-state index is -0.447. The lowest BCUT2D eigenvalue weighted by Gasteiger charge is -2.14. The average molecular weight is 298 g/mol. The van der Waals surface area contributed by atoms with Gasteiger partial charge >= 0.3 is 0 Å². The smallest absolute Gasteiger partial charge is 0.146 e. The summed E-state index contributed by atoms with van der Waals surface area (Å²) in [4.78, 5) is 0. The van der Waals surface area contributed by atoms with Gasteiger partial charge in [0.25, 0.3) is 0 Å². The van der Waals surface area contributed by atoms with Crippen LogP contribution in [0.5, 0.6) is 11.5 Å². The fourth-order valence-electron chi connectivity index (χ4n) is 1.83. The van der Waals surface area contributed by atoms with E-state index in [0.29, 0.717) is 23.5 Å². The van der Waals surface area contributed by atoms with Crippen LogP contribution in [-0.4, -0.2) is 6.04 Å². The highest BCUT2D eigenvalue weighted by Crippen LogP contribution is 2.32. The number of hydrogen-bond acceptors (Lipinski definition) is 2. The zero-order chi connectivity index (χ0) is 14.7. The Balaban J connectivity index is 2.32. The number of nitrogens with two attached hydrogens (primary N) is 1. The Morgan fingerprint density at radius 3 is 2.30 bits per heavy atom. The van der Waals surface area contributed by atoms with Gasteiger partial charge in [0.2, 0.25) is 0 Å². The highest BCUT2D eigenvalue weighted by Gasteiger charge is 2.11. The minimum absolute atomic E-state index is 0.136. The van der Waals surface area contributed by atoms with Crippen molar-refractivity contribution in [1.29, 1.82) is 0 Å². The summed E-state index contributed by atoms with van der Waals surface area (Å²) in [5, 5.41) is 0.154. The highest BCUT2D eigenvalue weighted by molar-refractivity contribution is 6.32. The van der Waals surface area contributed by atoms with Crippen molar-refractivity contribution in [3.05, 3.63) is 58.6 Å². The zero-order valence-electron chi connectivity index (χ0n) is 10.9. The predicted molar refractivity (Wildman–Crippen MR) is 75.2 cm³/mol. The minimum Gasteiger partial charge on any atom is -0.456 e. The molecule has 2 aromatic rings. The van der Waals surface area contributed by atoms with E-state index in [1.807, 2.05) is 6.92 Å². The first-order valence-electron chi connectivity index (χ1n) is 6.12. The van der Waals surface area contributed by atoms with Crippen LogP contribution in [0.1, 0.15) is 12.5 Å². The molecule has 2 aromatic carbocycles. The second-order valence-electron chi connectivity index (χ2n) is 4.61. The Kier molecular flexibility index (Phi) is 4.57. The van der Waals surface area contributed by atoms with Crippen LogP contribution < -0.4 is 10.5 Å². The van der Waals surface area contributed by atoms with E-state index in [9.17, 15) is 8.78 Å². The largest absolute Gasteiger partial charge is 0.456 e. The van der Waals surface area contributed by atoms with Crippen molar-refractivity contribution in [1.82, 2.24) is 0 Å². The van der Waals surface area contributed by atoms with E-state index in [2.05, 4.69) is 0 Å². The molecule has 0 aromatic heterocycles. The first-order valence-corrected chi connectivity index (χ1v) is 6.50. The number of ether oxygens (including phenoxy) is 1. The van der Waals surface area contributed by atoms with Gasteiger partial charge in [0.1, 0.15) is 23.1 Å². The Bertz CT molecular complexity index is 617. The van der Waals surface area contributed by atoms with E-state index in [4.69, 9.17) is 22.1 Å². The summed E-state index contributed by atoms with van der Waals surface area (Å²) >= 11 is 5.90. The summed E-state index contributed by atoms with van der Waals surface area (Å²) in [5.41, 5.74) is 6.37. The van der Waals surface area contributed by atoms with Crippen LogP contribution in [0.4, 0.5) is 8.78 Å². The Morgan fingerprint density at radius 1 is 1.10 bits per heavy atom. The quantitative estimate of drug-likeness (QED) is 0.913. The summed E-state index contributed by atoms with van der Waals surface area (Å²) in [6.45, 7) is 1.82. The number of halogens is 3. The van der Waals surface area contributed by atoms with Gasteiger partial charge in [0.05, 0.1) is 5.02 Å².